The van der Waals surface area contributed by atoms with E-state index in [1.165, 1.54) is 0 Å². The lowest BCUT2D eigenvalue weighted by Gasteiger charge is -2.47. The molecule has 1 N–H and O–H groups in total. The summed E-state index contributed by atoms with van der Waals surface area (Å²) in [6.45, 7) is 5.77. The van der Waals surface area contributed by atoms with Gasteiger partial charge in [0.25, 0.3) is 0 Å². The number of para-hydroxylation sites is 1. The van der Waals surface area contributed by atoms with Crippen LogP contribution in [0.25, 0.3) is 0 Å². The number of hydrogen-bond acceptors (Lipinski definition) is 3. The highest BCUT2D eigenvalue weighted by molar-refractivity contribution is 5.90. The predicted octanol–water partition coefficient (Wildman–Crippen LogP) is 3.27. The second kappa shape index (κ2) is 8.74. The quantitative estimate of drug-likeness (QED) is 0.806. The van der Waals surface area contributed by atoms with Crippen LogP contribution >= 0.6 is 0 Å². The molecule has 2 aliphatic heterocycles. The first-order valence-corrected chi connectivity index (χ1v) is 9.91. The number of rotatable bonds is 5. The van der Waals surface area contributed by atoms with Gasteiger partial charge in [-0.25, -0.2) is 4.79 Å². The van der Waals surface area contributed by atoms with Crippen molar-refractivity contribution in [3.8, 4) is 0 Å². The van der Waals surface area contributed by atoms with E-state index >= 15 is 0 Å². The number of aryl methyl sites for hydroxylation is 1. The van der Waals surface area contributed by atoms with Crippen LogP contribution in [-0.4, -0.2) is 61.6 Å². The van der Waals surface area contributed by atoms with Gasteiger partial charge in [0, 0.05) is 52.0 Å². The lowest BCUT2D eigenvalue weighted by atomic mass is 9.72. The molecule has 0 bridgehead atoms. The maximum Gasteiger partial charge on any atom is 0.321 e. The van der Waals surface area contributed by atoms with Crippen LogP contribution in [0.1, 0.15) is 37.7 Å². The van der Waals surface area contributed by atoms with Gasteiger partial charge in [-0.2, -0.15) is 0 Å². The zero-order chi connectivity index (χ0) is 19.3. The Bertz CT molecular complexity index is 668. The van der Waals surface area contributed by atoms with Crippen molar-refractivity contribution in [1.29, 1.82) is 0 Å². The van der Waals surface area contributed by atoms with E-state index in [2.05, 4.69) is 5.32 Å². The summed E-state index contributed by atoms with van der Waals surface area (Å²) in [5.41, 5.74) is 2.10. The van der Waals surface area contributed by atoms with E-state index in [0.717, 1.165) is 63.1 Å². The lowest BCUT2D eigenvalue weighted by molar-refractivity contribution is -0.139. The molecule has 0 atom stereocenters. The van der Waals surface area contributed by atoms with Crippen molar-refractivity contribution in [2.45, 2.75) is 39.0 Å². The van der Waals surface area contributed by atoms with Crippen LogP contribution in [0.2, 0.25) is 0 Å². The Morgan fingerprint density at radius 1 is 1.22 bits per heavy atom. The molecule has 2 heterocycles. The van der Waals surface area contributed by atoms with Crippen molar-refractivity contribution < 1.29 is 14.3 Å². The third-order valence-electron chi connectivity index (χ3n) is 6.02. The maximum atomic E-state index is 12.6. The molecular formula is C21H31N3O3. The average Bonchev–Trinajstić information content (AvgIpc) is 2.67. The van der Waals surface area contributed by atoms with Crippen molar-refractivity contribution in [2.24, 2.45) is 5.41 Å². The molecule has 2 saturated heterocycles. The standard InChI is InChI=1S/C21H31N3O3/c1-17-6-3-4-7-18(17)22-20(26)23-13-10-21(11-14-23)9-8-19(25)24(16-21)12-5-15-27-2/h3-4,6-7H,5,8-16H2,1-2H3,(H,22,26). The average molecular weight is 373 g/mol. The van der Waals surface area contributed by atoms with E-state index in [-0.39, 0.29) is 17.4 Å². The number of nitrogens with zero attached hydrogens (tertiary/aromatic N) is 2. The summed E-state index contributed by atoms with van der Waals surface area (Å²) in [4.78, 5) is 28.8. The molecular weight excluding hydrogens is 342 g/mol. The first-order valence-electron chi connectivity index (χ1n) is 9.91. The monoisotopic (exact) mass is 373 g/mol. The molecule has 0 unspecified atom stereocenters. The number of carbonyl (C=O) groups excluding carboxylic acids is 2. The van der Waals surface area contributed by atoms with E-state index in [4.69, 9.17) is 4.74 Å². The van der Waals surface area contributed by atoms with Crippen LogP contribution in [0.15, 0.2) is 24.3 Å². The van der Waals surface area contributed by atoms with Gasteiger partial charge in [-0.3, -0.25) is 4.79 Å². The first kappa shape index (κ1) is 19.7. The van der Waals surface area contributed by atoms with E-state index in [1.54, 1.807) is 7.11 Å². The van der Waals surface area contributed by atoms with Crippen molar-refractivity contribution in [3.63, 3.8) is 0 Å². The van der Waals surface area contributed by atoms with E-state index in [0.29, 0.717) is 13.0 Å². The Kier molecular flexibility index (Phi) is 6.37. The van der Waals surface area contributed by atoms with Crippen LogP contribution in [0.3, 0.4) is 0 Å². The minimum Gasteiger partial charge on any atom is -0.385 e. The fourth-order valence-electron chi connectivity index (χ4n) is 4.21. The van der Waals surface area contributed by atoms with Crippen LogP contribution < -0.4 is 5.32 Å². The summed E-state index contributed by atoms with van der Waals surface area (Å²) in [6.07, 6.45) is 4.37. The smallest absolute Gasteiger partial charge is 0.321 e. The molecule has 148 valence electrons. The molecule has 6 heteroatoms. The first-order chi connectivity index (χ1) is 13.0. The van der Waals surface area contributed by atoms with Crippen LogP contribution in [-0.2, 0) is 9.53 Å². The van der Waals surface area contributed by atoms with Crippen molar-refractivity contribution in [3.05, 3.63) is 29.8 Å². The van der Waals surface area contributed by atoms with Gasteiger partial charge in [-0.05, 0) is 49.7 Å². The molecule has 6 nitrogen and oxygen atoms in total. The fourth-order valence-corrected chi connectivity index (χ4v) is 4.21. The second-order valence-corrected chi connectivity index (χ2v) is 7.89. The van der Waals surface area contributed by atoms with Gasteiger partial charge in [0.2, 0.25) is 5.91 Å². The molecule has 3 rings (SSSR count). The molecule has 0 radical (unpaired) electrons. The summed E-state index contributed by atoms with van der Waals surface area (Å²) < 4.78 is 5.11. The number of amides is 3. The molecule has 2 fully saturated rings. The van der Waals surface area contributed by atoms with Gasteiger partial charge in [0.15, 0.2) is 0 Å². The van der Waals surface area contributed by atoms with E-state index in [1.807, 2.05) is 41.0 Å². The Morgan fingerprint density at radius 2 is 1.96 bits per heavy atom. The molecule has 1 aromatic rings. The van der Waals surface area contributed by atoms with Gasteiger partial charge in [0.05, 0.1) is 0 Å². The largest absolute Gasteiger partial charge is 0.385 e. The van der Waals surface area contributed by atoms with Gasteiger partial charge < -0.3 is 19.9 Å². The number of nitrogens with one attached hydrogen (secondary N) is 1. The second-order valence-electron chi connectivity index (χ2n) is 7.89. The molecule has 0 aromatic heterocycles. The summed E-state index contributed by atoms with van der Waals surface area (Å²) in [5.74, 6) is 0.261. The summed E-state index contributed by atoms with van der Waals surface area (Å²) >= 11 is 0. The fraction of sp³-hybridized carbons (Fsp3) is 0.619. The SMILES string of the molecule is COCCCN1CC2(CCC1=O)CCN(C(=O)Nc1ccccc1C)CC2. The number of ether oxygens (including phenoxy) is 1. The Hall–Kier alpha value is -2.08. The summed E-state index contributed by atoms with van der Waals surface area (Å²) in [5, 5.41) is 3.03. The zero-order valence-corrected chi connectivity index (χ0v) is 16.5. The van der Waals surface area contributed by atoms with Crippen molar-refractivity contribution in [2.75, 3.05) is 45.2 Å². The minimum absolute atomic E-state index is 0.0250. The number of methoxy groups -OCH3 is 1. The zero-order valence-electron chi connectivity index (χ0n) is 16.5. The topological polar surface area (TPSA) is 61.9 Å². The van der Waals surface area contributed by atoms with Crippen molar-refractivity contribution in [1.82, 2.24) is 9.80 Å². The maximum absolute atomic E-state index is 12.6. The Labute approximate surface area is 161 Å². The van der Waals surface area contributed by atoms with E-state index < -0.39 is 0 Å². The minimum atomic E-state index is -0.0250. The highest BCUT2D eigenvalue weighted by Gasteiger charge is 2.41. The molecule has 1 spiro atoms. The predicted molar refractivity (Wildman–Crippen MR) is 106 cm³/mol. The molecule has 0 saturated carbocycles. The third kappa shape index (κ3) is 4.80. The number of anilines is 1. The number of hydrogen-bond donors (Lipinski definition) is 1. The number of urea groups is 1. The van der Waals surface area contributed by atoms with Gasteiger partial charge in [0.1, 0.15) is 0 Å². The van der Waals surface area contributed by atoms with Crippen LogP contribution in [0, 0.1) is 12.3 Å². The molecule has 3 amide bonds. The highest BCUT2D eigenvalue weighted by Crippen LogP contribution is 2.40. The lowest BCUT2D eigenvalue weighted by Crippen LogP contribution is -2.53. The van der Waals surface area contributed by atoms with Gasteiger partial charge >= 0.3 is 6.03 Å². The number of piperidine rings is 2. The summed E-state index contributed by atoms with van der Waals surface area (Å²) in [7, 11) is 1.69. The van der Waals surface area contributed by atoms with Crippen molar-refractivity contribution >= 4 is 17.6 Å². The Balaban J connectivity index is 1.53. The van der Waals surface area contributed by atoms with Gasteiger partial charge in [-0.15, -0.1) is 0 Å². The normalized spacial score (nSPS) is 19.4. The summed E-state index contributed by atoms with van der Waals surface area (Å²) in [6, 6.07) is 7.81. The van der Waals surface area contributed by atoms with Crippen LogP contribution in [0.4, 0.5) is 10.5 Å². The van der Waals surface area contributed by atoms with Gasteiger partial charge in [-0.1, -0.05) is 18.2 Å². The number of carbonyl (C=O) groups is 2. The third-order valence-corrected chi connectivity index (χ3v) is 6.02. The highest BCUT2D eigenvalue weighted by atomic mass is 16.5. The Morgan fingerprint density at radius 3 is 2.67 bits per heavy atom. The number of benzene rings is 1. The molecule has 27 heavy (non-hydrogen) atoms. The molecule has 2 aliphatic rings. The molecule has 1 aromatic carbocycles. The number of likely N-dealkylation sites (tertiary alicyclic amines) is 2. The molecule has 0 aliphatic carbocycles. The van der Waals surface area contributed by atoms with E-state index in [9.17, 15) is 9.59 Å². The van der Waals surface area contributed by atoms with Crippen LogP contribution in [0.5, 0.6) is 0 Å².